The van der Waals surface area contributed by atoms with Gasteiger partial charge in [-0.15, -0.1) is 3.98 Å². The predicted octanol–water partition coefficient (Wildman–Crippen LogP) is 1.05. The van der Waals surface area contributed by atoms with Crippen LogP contribution in [0.4, 0.5) is 5.69 Å². The molecule has 0 unspecified atom stereocenters. The van der Waals surface area contributed by atoms with E-state index in [1.165, 1.54) is 0 Å². The molecule has 1 aliphatic rings. The van der Waals surface area contributed by atoms with Crippen LogP contribution in [0.5, 0.6) is 0 Å². The van der Waals surface area contributed by atoms with Crippen molar-refractivity contribution in [2.45, 2.75) is 0 Å². The SMILES string of the molecule is O=[SH](=O)[N+](=C1N=NN=N1)c1ccccc1. The molecular weight excluding hydrogens is 218 g/mol. The van der Waals surface area contributed by atoms with Crippen LogP contribution in [0.25, 0.3) is 0 Å². The van der Waals surface area contributed by atoms with Gasteiger partial charge in [0, 0.05) is 0 Å². The number of nitrogens with zero attached hydrogens (tertiary/aromatic N) is 5. The van der Waals surface area contributed by atoms with Crippen LogP contribution in [0, 0.1) is 0 Å². The summed E-state index contributed by atoms with van der Waals surface area (Å²) in [5.41, 5.74) is 0.448. The molecule has 0 N–H and O–H groups in total. The van der Waals surface area contributed by atoms with Gasteiger partial charge < -0.3 is 0 Å². The topological polar surface area (TPSA) is 86.6 Å². The van der Waals surface area contributed by atoms with Crippen LogP contribution in [0.3, 0.4) is 0 Å². The monoisotopic (exact) mass is 224 g/mol. The molecule has 0 saturated heterocycles. The Balaban J connectivity index is 2.60. The Morgan fingerprint density at radius 1 is 1.00 bits per heavy atom. The van der Waals surface area contributed by atoms with Crippen molar-refractivity contribution in [2.75, 3.05) is 0 Å². The molecule has 1 aromatic carbocycles. The van der Waals surface area contributed by atoms with E-state index in [0.717, 1.165) is 3.98 Å². The lowest BCUT2D eigenvalue weighted by Gasteiger charge is -1.96. The Kier molecular flexibility index (Phi) is 2.59. The third kappa shape index (κ3) is 1.94. The Morgan fingerprint density at radius 2 is 1.60 bits per heavy atom. The minimum atomic E-state index is -2.86. The summed E-state index contributed by atoms with van der Waals surface area (Å²) < 4.78 is 23.0. The molecule has 7 nitrogen and oxygen atoms in total. The van der Waals surface area contributed by atoms with Crippen molar-refractivity contribution >= 4 is 22.5 Å². The molecule has 0 bridgehead atoms. The zero-order valence-corrected chi connectivity index (χ0v) is 8.28. The van der Waals surface area contributed by atoms with Crippen molar-refractivity contribution in [1.29, 1.82) is 0 Å². The van der Waals surface area contributed by atoms with Gasteiger partial charge in [-0.3, -0.25) is 0 Å². The highest BCUT2D eigenvalue weighted by Gasteiger charge is 2.22. The highest BCUT2D eigenvalue weighted by molar-refractivity contribution is 7.66. The van der Waals surface area contributed by atoms with E-state index in [-0.39, 0.29) is 5.96 Å². The lowest BCUT2D eigenvalue weighted by atomic mass is 10.3. The van der Waals surface area contributed by atoms with E-state index in [1.54, 1.807) is 30.3 Å². The van der Waals surface area contributed by atoms with Crippen molar-refractivity contribution in [3.63, 3.8) is 0 Å². The van der Waals surface area contributed by atoms with Crippen molar-refractivity contribution in [1.82, 2.24) is 0 Å². The average Bonchev–Trinajstić information content (AvgIpc) is 2.72. The molecule has 76 valence electrons. The smallest absolute Gasteiger partial charge is 0.194 e. The van der Waals surface area contributed by atoms with Crippen molar-refractivity contribution < 1.29 is 12.4 Å². The first-order valence-electron chi connectivity index (χ1n) is 3.97. The van der Waals surface area contributed by atoms with Crippen LogP contribution in [0.15, 0.2) is 51.0 Å². The Hall–Kier alpha value is -1.96. The van der Waals surface area contributed by atoms with Crippen LogP contribution in [-0.2, 0) is 10.9 Å². The molecule has 2 rings (SSSR count). The third-order valence-electron chi connectivity index (χ3n) is 1.66. The predicted molar refractivity (Wildman–Crippen MR) is 51.4 cm³/mol. The molecule has 1 heterocycles. The molecule has 1 aliphatic heterocycles. The van der Waals surface area contributed by atoms with Crippen LogP contribution < -0.4 is 0 Å². The second-order valence-electron chi connectivity index (χ2n) is 2.56. The molecule has 0 spiro atoms. The number of rotatable bonds is 2. The zero-order chi connectivity index (χ0) is 10.7. The normalized spacial score (nSPS) is 13.8. The van der Waals surface area contributed by atoms with Gasteiger partial charge in [0.25, 0.3) is 10.9 Å². The second-order valence-corrected chi connectivity index (χ2v) is 3.44. The van der Waals surface area contributed by atoms with E-state index in [0.29, 0.717) is 5.69 Å². The van der Waals surface area contributed by atoms with Gasteiger partial charge in [-0.05, 0) is 12.1 Å². The van der Waals surface area contributed by atoms with Gasteiger partial charge in [0.05, 0.1) is 20.7 Å². The van der Waals surface area contributed by atoms with E-state index >= 15 is 0 Å². The molecule has 0 aromatic heterocycles. The van der Waals surface area contributed by atoms with E-state index in [4.69, 9.17) is 0 Å². The fraction of sp³-hybridized carbons (Fsp3) is 0. The molecule has 0 fully saturated rings. The zero-order valence-electron chi connectivity index (χ0n) is 7.39. The Bertz CT molecular complexity index is 510. The molecule has 8 heteroatoms. The van der Waals surface area contributed by atoms with Gasteiger partial charge in [-0.2, -0.15) is 8.42 Å². The number of thiol groups is 1. The van der Waals surface area contributed by atoms with Crippen molar-refractivity contribution in [2.24, 2.45) is 20.7 Å². The second kappa shape index (κ2) is 4.05. The van der Waals surface area contributed by atoms with Gasteiger partial charge >= 0.3 is 5.96 Å². The number of hydrogen-bond acceptors (Lipinski definition) is 4. The summed E-state index contributed by atoms with van der Waals surface area (Å²) in [7, 11) is -2.86. The Morgan fingerprint density at radius 3 is 2.13 bits per heavy atom. The fourth-order valence-corrected chi connectivity index (χ4v) is 1.62. The summed E-state index contributed by atoms with van der Waals surface area (Å²) in [6.07, 6.45) is 0. The largest absolute Gasteiger partial charge is 0.496 e. The Labute approximate surface area is 86.6 Å². The molecule has 0 amide bonds. The summed E-state index contributed by atoms with van der Waals surface area (Å²) in [5.74, 6) is -0.0580. The van der Waals surface area contributed by atoms with E-state index in [9.17, 15) is 8.42 Å². The molecule has 0 atom stereocenters. The maximum atomic E-state index is 11.0. The van der Waals surface area contributed by atoms with Crippen LogP contribution in [-0.4, -0.2) is 18.4 Å². The molecular formula is C7H6N5O2S+. The van der Waals surface area contributed by atoms with E-state index < -0.39 is 10.9 Å². The number of guanidine groups is 1. The number of benzene rings is 1. The number of para-hydroxylation sites is 1. The summed E-state index contributed by atoms with van der Waals surface area (Å²) in [6, 6.07) is 8.46. The third-order valence-corrected chi connectivity index (χ3v) is 2.40. The summed E-state index contributed by atoms with van der Waals surface area (Å²) in [6.45, 7) is 0. The fourth-order valence-electron chi connectivity index (χ4n) is 1.08. The average molecular weight is 224 g/mol. The first-order chi connectivity index (χ1) is 7.29. The first-order valence-corrected chi connectivity index (χ1v) is 5.10. The maximum Gasteiger partial charge on any atom is 0.496 e. The van der Waals surface area contributed by atoms with Gasteiger partial charge in [-0.1, -0.05) is 18.2 Å². The highest BCUT2D eigenvalue weighted by Crippen LogP contribution is 2.13. The minimum absolute atomic E-state index is 0.0580. The van der Waals surface area contributed by atoms with E-state index in [2.05, 4.69) is 20.7 Å². The van der Waals surface area contributed by atoms with Gasteiger partial charge in [0.1, 0.15) is 5.69 Å². The van der Waals surface area contributed by atoms with Gasteiger partial charge in [0.15, 0.2) is 0 Å². The molecule has 0 radical (unpaired) electrons. The quantitative estimate of drug-likeness (QED) is 0.601. The van der Waals surface area contributed by atoms with Crippen molar-refractivity contribution in [3.05, 3.63) is 30.3 Å². The first kappa shape index (κ1) is 9.59. The molecule has 15 heavy (non-hydrogen) atoms. The van der Waals surface area contributed by atoms with Crippen LogP contribution in [0.1, 0.15) is 0 Å². The van der Waals surface area contributed by atoms with Crippen LogP contribution in [0.2, 0.25) is 0 Å². The molecule has 0 aliphatic carbocycles. The standard InChI is InChI=1S/C7H6N5O2S/c13-15(14)12(7-8-10-11-9-7)6-4-2-1-3-5-6/h1-5,15H/q+1. The van der Waals surface area contributed by atoms with Crippen molar-refractivity contribution in [3.8, 4) is 0 Å². The summed E-state index contributed by atoms with van der Waals surface area (Å²) in [4.78, 5) is 0. The lowest BCUT2D eigenvalue weighted by Crippen LogP contribution is -2.10. The minimum Gasteiger partial charge on any atom is -0.194 e. The lowest BCUT2D eigenvalue weighted by molar-refractivity contribution is -0.255. The van der Waals surface area contributed by atoms with Gasteiger partial charge in [0.2, 0.25) is 0 Å². The van der Waals surface area contributed by atoms with E-state index in [1.807, 2.05) is 0 Å². The molecule has 1 aromatic rings. The van der Waals surface area contributed by atoms with Gasteiger partial charge in [-0.25, -0.2) is 0 Å². The molecule has 0 saturated carbocycles. The maximum absolute atomic E-state index is 11.0. The summed E-state index contributed by atoms with van der Waals surface area (Å²) >= 11 is 0. The number of hydrogen-bond donors (Lipinski definition) is 1. The van der Waals surface area contributed by atoms with Crippen LogP contribution >= 0.6 is 0 Å². The summed E-state index contributed by atoms with van der Waals surface area (Å²) in [5, 5.41) is 13.4. The highest BCUT2D eigenvalue weighted by atomic mass is 32.2.